The Kier molecular flexibility index (Phi) is 9.70. The molecule has 284 valence electrons. The zero-order chi connectivity index (χ0) is 37.8. The van der Waals surface area contributed by atoms with E-state index in [1.54, 1.807) is 13.0 Å². The summed E-state index contributed by atoms with van der Waals surface area (Å²) in [6, 6.07) is 6.99. The van der Waals surface area contributed by atoms with Gasteiger partial charge in [-0.15, -0.1) is 0 Å². The molecule has 2 aliphatic carbocycles. The van der Waals surface area contributed by atoms with E-state index in [0.29, 0.717) is 55.3 Å². The number of nitrogens with one attached hydrogen (secondary N) is 3. The Morgan fingerprint density at radius 3 is 2.62 bits per heavy atom. The number of carbonyl (C=O) groups is 3. The summed E-state index contributed by atoms with van der Waals surface area (Å²) in [5.74, 6) is -3.83. The second-order valence-electron chi connectivity index (χ2n) is 14.6. The van der Waals surface area contributed by atoms with Crippen LogP contribution in [0.5, 0.6) is 5.19 Å². The van der Waals surface area contributed by atoms with Gasteiger partial charge in [0.2, 0.25) is 21.8 Å². The van der Waals surface area contributed by atoms with Crippen LogP contribution in [0.4, 0.5) is 23.2 Å². The number of rotatable bonds is 7. The fourth-order valence-corrected chi connectivity index (χ4v) is 9.22. The lowest BCUT2D eigenvalue weighted by Gasteiger charge is -2.30. The number of nitrogens with zero attached hydrogens (tertiary/aromatic N) is 2. The van der Waals surface area contributed by atoms with Crippen LogP contribution in [0.2, 0.25) is 0 Å². The van der Waals surface area contributed by atoms with Gasteiger partial charge < -0.3 is 20.3 Å². The molecule has 3 amide bonds. The number of hydrogen-bond donors (Lipinski definition) is 3. The molecule has 1 saturated heterocycles. The maximum atomic E-state index is 14.5. The van der Waals surface area contributed by atoms with Gasteiger partial charge in [0.15, 0.2) is 0 Å². The molecule has 2 saturated carbocycles. The van der Waals surface area contributed by atoms with Crippen molar-refractivity contribution in [3.63, 3.8) is 0 Å². The van der Waals surface area contributed by atoms with Gasteiger partial charge in [0.25, 0.3) is 11.1 Å². The first-order valence-electron chi connectivity index (χ1n) is 17.6. The number of thiazole rings is 1. The van der Waals surface area contributed by atoms with Crippen LogP contribution in [0.1, 0.15) is 70.3 Å². The van der Waals surface area contributed by atoms with E-state index in [0.717, 1.165) is 16.8 Å². The van der Waals surface area contributed by atoms with Crippen LogP contribution in [0.3, 0.4) is 0 Å². The number of benzene rings is 2. The Morgan fingerprint density at radius 2 is 1.89 bits per heavy atom. The molecule has 0 bridgehead atoms. The molecule has 5 atom stereocenters. The summed E-state index contributed by atoms with van der Waals surface area (Å²) in [7, 11) is -4.03. The van der Waals surface area contributed by atoms with Crippen LogP contribution in [0, 0.1) is 11.7 Å². The molecule has 17 heteroatoms. The van der Waals surface area contributed by atoms with Crippen molar-refractivity contribution in [3.8, 4) is 5.19 Å². The number of aromatic nitrogens is 1. The number of para-hydroxylation sites is 1. The maximum Gasteiger partial charge on any atom is 0.416 e. The molecular weight excluding hydrogens is 739 g/mol. The van der Waals surface area contributed by atoms with E-state index < -0.39 is 79.7 Å². The zero-order valence-electron chi connectivity index (χ0n) is 28.7. The Labute approximate surface area is 307 Å². The molecule has 3 heterocycles. The minimum absolute atomic E-state index is 0.0209. The summed E-state index contributed by atoms with van der Waals surface area (Å²) in [5.41, 5.74) is -2.36. The van der Waals surface area contributed by atoms with Crippen molar-refractivity contribution < 1.29 is 45.1 Å². The molecule has 53 heavy (non-hydrogen) atoms. The van der Waals surface area contributed by atoms with E-state index in [4.69, 9.17) is 4.74 Å². The summed E-state index contributed by atoms with van der Waals surface area (Å²) >= 11 is 1.28. The number of ether oxygens (including phenoxy) is 1. The van der Waals surface area contributed by atoms with Crippen LogP contribution >= 0.6 is 11.3 Å². The predicted octanol–water partition coefficient (Wildman–Crippen LogP) is 5.68. The Balaban J connectivity index is 1.20. The Bertz CT molecular complexity index is 2040. The lowest BCUT2D eigenvalue weighted by atomic mass is 10.0. The highest BCUT2D eigenvalue weighted by Crippen LogP contribution is 2.47. The number of fused-ring (bicyclic) bond motifs is 3. The number of amides is 3. The maximum absolute atomic E-state index is 14.5. The third kappa shape index (κ3) is 7.72. The average molecular weight is 778 g/mol. The van der Waals surface area contributed by atoms with E-state index in [1.165, 1.54) is 16.2 Å². The van der Waals surface area contributed by atoms with E-state index in [9.17, 15) is 40.4 Å². The minimum atomic E-state index is -4.83. The van der Waals surface area contributed by atoms with Gasteiger partial charge in [-0.25, -0.2) is 17.8 Å². The molecule has 3 aromatic rings. The Morgan fingerprint density at radius 1 is 1.11 bits per heavy atom. The number of allylic oxidation sites excluding steroid dienone is 1. The smallest absolute Gasteiger partial charge is 0.416 e. The number of sulfonamides is 1. The van der Waals surface area contributed by atoms with Crippen LogP contribution in [-0.2, 0) is 30.6 Å². The average Bonchev–Trinajstić information content (AvgIpc) is 3.90. The summed E-state index contributed by atoms with van der Waals surface area (Å²) in [5, 5.41) is 5.92. The van der Waals surface area contributed by atoms with Crippen molar-refractivity contribution in [2.24, 2.45) is 5.92 Å². The van der Waals surface area contributed by atoms with Gasteiger partial charge in [0.05, 0.1) is 27.1 Å². The highest BCUT2D eigenvalue weighted by molar-refractivity contribution is 7.91. The van der Waals surface area contributed by atoms with Gasteiger partial charge in [-0.1, -0.05) is 48.5 Å². The number of hydrogen-bond acceptors (Lipinski definition) is 9. The van der Waals surface area contributed by atoms with E-state index in [1.807, 2.05) is 30.3 Å². The third-order valence-electron chi connectivity index (χ3n) is 10.6. The molecule has 11 nitrogen and oxygen atoms in total. The second-order valence-corrected chi connectivity index (χ2v) is 17.8. The van der Waals surface area contributed by atoms with Gasteiger partial charge in [0.1, 0.15) is 29.5 Å². The van der Waals surface area contributed by atoms with Crippen LogP contribution < -0.4 is 20.1 Å². The van der Waals surface area contributed by atoms with Crippen LogP contribution in [-0.4, -0.2) is 71.0 Å². The SMILES string of the molecule is CC1(S(=O)(=O)NC(=O)[C@@]23C[C@@H]2/C=C\CCCCC[C@H](Nc2cc(F)cc(C(F)(F)F)c2)C(=O)N2C[C@H](Oc4nc5ccccc5s4)C[C@H]2C(=O)N3)CC1. The fraction of sp³-hybridized carbons (Fsp3) is 0.500. The predicted molar refractivity (Wildman–Crippen MR) is 189 cm³/mol. The van der Waals surface area contributed by atoms with Gasteiger partial charge in [-0.2, -0.15) is 13.2 Å². The summed E-state index contributed by atoms with van der Waals surface area (Å²) in [6.45, 7) is 1.45. The molecule has 0 radical (unpaired) electrons. The molecular formula is C36H39F4N5O6S2. The Hall–Kier alpha value is -4.25. The largest absolute Gasteiger partial charge is 0.465 e. The lowest BCUT2D eigenvalue weighted by Crippen LogP contribution is -2.58. The van der Waals surface area contributed by atoms with Crippen molar-refractivity contribution in [1.29, 1.82) is 0 Å². The van der Waals surface area contributed by atoms with Crippen molar-refractivity contribution in [2.75, 3.05) is 11.9 Å². The first-order valence-corrected chi connectivity index (χ1v) is 19.9. The van der Waals surface area contributed by atoms with E-state index in [2.05, 4.69) is 20.3 Å². The number of alkyl halides is 3. The summed E-state index contributed by atoms with van der Waals surface area (Å²) in [4.78, 5) is 48.3. The standard InChI is InChI=1S/C36H39F4N5O6S2/c1-34(13-14-34)53(49,50)44-32(48)35-19-21(35)9-5-3-2-4-6-11-27(41-24-16-22(36(38,39)40)15-23(37)17-24)31(47)45-20-25(18-28(45)30(46)43-35)51-33-42-26-10-7-8-12-29(26)52-33/h5,7-10,12,15-17,21,25,27-28,41H,2-4,6,11,13-14,18-20H2,1H3,(H,43,46)(H,44,48)/b9-5-/t21-,25+,27-,28-,35+/m0/s1. The van der Waals surface area contributed by atoms with Gasteiger partial charge in [-0.3, -0.25) is 19.1 Å². The second kappa shape index (κ2) is 13.9. The van der Waals surface area contributed by atoms with Crippen molar-refractivity contribution in [2.45, 2.75) is 99.4 Å². The van der Waals surface area contributed by atoms with Crippen molar-refractivity contribution in [1.82, 2.24) is 19.9 Å². The van der Waals surface area contributed by atoms with Crippen LogP contribution in [0.15, 0.2) is 54.6 Å². The molecule has 3 N–H and O–H groups in total. The topological polar surface area (TPSA) is 147 Å². The zero-order valence-corrected chi connectivity index (χ0v) is 30.4. The van der Waals surface area contributed by atoms with Gasteiger partial charge >= 0.3 is 6.18 Å². The lowest BCUT2D eigenvalue weighted by molar-refractivity contribution is -0.140. The summed E-state index contributed by atoms with van der Waals surface area (Å²) in [6.07, 6.45) is 1.60. The third-order valence-corrected chi connectivity index (χ3v) is 13.7. The first-order chi connectivity index (χ1) is 25.1. The molecule has 4 aliphatic rings. The number of carbonyl (C=O) groups excluding carboxylic acids is 3. The number of halogens is 4. The monoisotopic (exact) mass is 777 g/mol. The van der Waals surface area contributed by atoms with E-state index >= 15 is 0 Å². The van der Waals surface area contributed by atoms with Gasteiger partial charge in [0, 0.05) is 18.0 Å². The molecule has 0 spiro atoms. The number of anilines is 1. The fourth-order valence-electron chi connectivity index (χ4n) is 7.03. The normalized spacial score (nSPS) is 28.1. The highest BCUT2D eigenvalue weighted by atomic mass is 32.2. The molecule has 2 aliphatic heterocycles. The molecule has 1 aromatic heterocycles. The molecule has 2 aromatic carbocycles. The molecule has 0 unspecified atom stereocenters. The van der Waals surface area contributed by atoms with Crippen molar-refractivity contribution >= 4 is 55.0 Å². The first kappa shape index (κ1) is 37.1. The van der Waals surface area contributed by atoms with Gasteiger partial charge in [-0.05, 0) is 75.8 Å². The van der Waals surface area contributed by atoms with Crippen molar-refractivity contribution in [3.05, 3.63) is 66.0 Å². The minimum Gasteiger partial charge on any atom is -0.465 e. The molecule has 3 fully saturated rings. The summed E-state index contributed by atoms with van der Waals surface area (Å²) < 4.78 is 89.5. The van der Waals surface area contributed by atoms with Crippen LogP contribution in [0.25, 0.3) is 10.2 Å². The van der Waals surface area contributed by atoms with E-state index in [-0.39, 0.29) is 31.5 Å². The molecule has 7 rings (SSSR count). The highest BCUT2D eigenvalue weighted by Gasteiger charge is 2.63. The quantitative estimate of drug-likeness (QED) is 0.205.